The molecule has 2 radical (unpaired) electrons. The van der Waals surface area contributed by atoms with Gasteiger partial charge in [0.25, 0.3) is 0 Å². The van der Waals surface area contributed by atoms with Crippen molar-refractivity contribution < 1.29 is 0 Å². The maximum atomic E-state index is 5.15. The van der Waals surface area contributed by atoms with Crippen LogP contribution in [0, 0.1) is 7.05 Å². The van der Waals surface area contributed by atoms with Crippen LogP contribution in [0.3, 0.4) is 0 Å². The first kappa shape index (κ1) is 4.84. The monoisotopic (exact) mass is 158 g/mol. The Kier molecular flexibility index (Phi) is 1.15. The second kappa shape index (κ2) is 1.66. The molecule has 0 unspecified atom stereocenters. The van der Waals surface area contributed by atoms with Crippen molar-refractivity contribution >= 4 is 15.9 Å². The Balaban J connectivity index is 3.04. The number of aromatic nitrogens is 2. The zero-order valence-corrected chi connectivity index (χ0v) is 5.09. The molecule has 3 heteroatoms. The summed E-state index contributed by atoms with van der Waals surface area (Å²) in [5.41, 5.74) is 0. The molecular weight excluding hydrogens is 156 g/mol. The number of hydrogen-bond acceptors (Lipinski definition) is 1. The van der Waals surface area contributed by atoms with E-state index in [9.17, 15) is 0 Å². The molecule has 0 fully saturated rings. The van der Waals surface area contributed by atoms with E-state index in [4.69, 9.17) is 7.05 Å². The number of rotatable bonds is 0. The zero-order valence-electron chi connectivity index (χ0n) is 3.50. The summed E-state index contributed by atoms with van der Waals surface area (Å²) in [7, 11) is 5.15. The quantitative estimate of drug-likeness (QED) is 0.555. The fourth-order valence-electron chi connectivity index (χ4n) is 0.315. The first-order valence-electron chi connectivity index (χ1n) is 1.75. The maximum Gasteiger partial charge on any atom is 0.128 e. The van der Waals surface area contributed by atoms with E-state index < -0.39 is 0 Å². The predicted octanol–water partition coefficient (Wildman–Crippen LogP) is 1.16. The van der Waals surface area contributed by atoms with E-state index in [0.29, 0.717) is 0 Å². The molecule has 0 aliphatic carbocycles. The molecule has 0 aliphatic rings. The van der Waals surface area contributed by atoms with Crippen molar-refractivity contribution in [2.24, 2.45) is 0 Å². The molecule has 0 saturated heterocycles. The molecule has 0 atom stereocenters. The van der Waals surface area contributed by atoms with Crippen molar-refractivity contribution in [1.82, 2.24) is 9.78 Å². The second-order valence-corrected chi connectivity index (χ2v) is 1.93. The van der Waals surface area contributed by atoms with Crippen molar-refractivity contribution in [2.75, 3.05) is 0 Å². The van der Waals surface area contributed by atoms with Crippen LogP contribution in [0.1, 0.15) is 0 Å². The number of hydrogen-bond donors (Lipinski definition) is 0. The molecule has 7 heavy (non-hydrogen) atoms. The molecule has 0 bridgehead atoms. The minimum absolute atomic E-state index is 0.759. The summed E-state index contributed by atoms with van der Waals surface area (Å²) in [5, 5.41) is 3.72. The van der Waals surface area contributed by atoms with E-state index in [-0.39, 0.29) is 0 Å². The van der Waals surface area contributed by atoms with Crippen LogP contribution in [0.2, 0.25) is 0 Å². The van der Waals surface area contributed by atoms with Crippen LogP contribution in [-0.2, 0) is 0 Å². The minimum atomic E-state index is 0.759. The largest absolute Gasteiger partial charge is 0.264 e. The summed E-state index contributed by atoms with van der Waals surface area (Å²) >= 11 is 3.12. The second-order valence-electron chi connectivity index (χ2n) is 1.12. The lowest BCUT2D eigenvalue weighted by Crippen LogP contribution is -1.81. The molecule has 36 valence electrons. The molecular formula is C4H3BrN2. The predicted molar refractivity (Wildman–Crippen MR) is 29.6 cm³/mol. The Morgan fingerprint density at radius 3 is 2.71 bits per heavy atom. The van der Waals surface area contributed by atoms with Crippen LogP contribution in [0.4, 0.5) is 0 Å². The van der Waals surface area contributed by atoms with Crippen molar-refractivity contribution in [1.29, 1.82) is 0 Å². The Bertz CT molecular complexity index is 142. The van der Waals surface area contributed by atoms with E-state index in [1.807, 2.05) is 0 Å². The van der Waals surface area contributed by atoms with E-state index in [1.165, 1.54) is 4.68 Å². The van der Waals surface area contributed by atoms with Gasteiger partial charge in [-0.1, -0.05) is 0 Å². The fraction of sp³-hybridized carbons (Fsp3) is 0. The molecule has 0 aromatic carbocycles. The van der Waals surface area contributed by atoms with Crippen molar-refractivity contribution in [3.8, 4) is 0 Å². The van der Waals surface area contributed by atoms with Gasteiger partial charge >= 0.3 is 0 Å². The van der Waals surface area contributed by atoms with Crippen molar-refractivity contribution in [2.45, 2.75) is 0 Å². The lowest BCUT2D eigenvalue weighted by atomic mass is 10.8. The first-order valence-corrected chi connectivity index (χ1v) is 2.54. The first-order chi connectivity index (χ1) is 3.29. The average Bonchev–Trinajstić information content (AvgIpc) is 1.87. The third-order valence-electron chi connectivity index (χ3n) is 0.576. The van der Waals surface area contributed by atoms with Crippen LogP contribution in [0.15, 0.2) is 16.9 Å². The van der Waals surface area contributed by atoms with E-state index >= 15 is 0 Å². The van der Waals surface area contributed by atoms with Gasteiger partial charge in [-0.15, -0.1) is 0 Å². The third-order valence-corrected chi connectivity index (χ3v) is 0.999. The summed E-state index contributed by atoms with van der Waals surface area (Å²) in [6, 6.07) is 1.76. The molecule has 1 aromatic rings. The third kappa shape index (κ3) is 1.03. The number of nitrogens with zero attached hydrogens (tertiary/aromatic N) is 2. The lowest BCUT2D eigenvalue weighted by Gasteiger charge is -1.77. The Morgan fingerprint density at radius 1 is 1.86 bits per heavy atom. The van der Waals surface area contributed by atoms with Crippen LogP contribution in [0.25, 0.3) is 0 Å². The van der Waals surface area contributed by atoms with E-state index in [2.05, 4.69) is 21.0 Å². The van der Waals surface area contributed by atoms with Crippen LogP contribution in [-0.4, -0.2) is 9.78 Å². The van der Waals surface area contributed by atoms with Gasteiger partial charge < -0.3 is 0 Å². The highest BCUT2D eigenvalue weighted by atomic mass is 79.9. The standard InChI is InChI=1S/C4H3BrN2/c1-7-3-2-4(5)6-7/h1-3H. The molecule has 0 amide bonds. The molecule has 0 spiro atoms. The van der Waals surface area contributed by atoms with E-state index in [0.717, 1.165) is 4.60 Å². The highest BCUT2D eigenvalue weighted by molar-refractivity contribution is 9.10. The van der Waals surface area contributed by atoms with Crippen molar-refractivity contribution in [3.63, 3.8) is 0 Å². The minimum Gasteiger partial charge on any atom is -0.264 e. The van der Waals surface area contributed by atoms with Gasteiger partial charge in [0.1, 0.15) is 11.7 Å². The summed E-state index contributed by atoms with van der Waals surface area (Å²) < 4.78 is 2.00. The highest BCUT2D eigenvalue weighted by Gasteiger charge is 1.84. The van der Waals surface area contributed by atoms with Crippen LogP contribution in [0.5, 0.6) is 0 Å². The lowest BCUT2D eigenvalue weighted by molar-refractivity contribution is 0.867. The number of halogens is 1. The van der Waals surface area contributed by atoms with Crippen LogP contribution >= 0.6 is 15.9 Å². The molecule has 1 aromatic heterocycles. The zero-order chi connectivity index (χ0) is 5.28. The Morgan fingerprint density at radius 2 is 2.57 bits per heavy atom. The van der Waals surface area contributed by atoms with Crippen molar-refractivity contribution in [3.05, 3.63) is 23.9 Å². The normalized spacial score (nSPS) is 9.43. The Labute approximate surface area is 50.3 Å². The smallest absolute Gasteiger partial charge is 0.128 e. The topological polar surface area (TPSA) is 17.8 Å². The molecule has 0 saturated carbocycles. The van der Waals surface area contributed by atoms with Gasteiger partial charge in [-0.25, -0.2) is 0 Å². The van der Waals surface area contributed by atoms with Gasteiger partial charge in [0.05, 0.1) is 0 Å². The maximum absolute atomic E-state index is 5.15. The summed E-state index contributed by atoms with van der Waals surface area (Å²) in [4.78, 5) is 0. The van der Waals surface area contributed by atoms with Crippen LogP contribution < -0.4 is 0 Å². The van der Waals surface area contributed by atoms with E-state index in [1.54, 1.807) is 12.3 Å². The van der Waals surface area contributed by atoms with Gasteiger partial charge in [-0.05, 0) is 22.0 Å². The molecule has 1 rings (SSSR count). The summed E-state index contributed by atoms with van der Waals surface area (Å²) in [6.07, 6.45) is 1.66. The highest BCUT2D eigenvalue weighted by Crippen LogP contribution is 2.01. The Hall–Kier alpha value is -0.310. The summed E-state index contributed by atoms with van der Waals surface area (Å²) in [5.74, 6) is 0. The van der Waals surface area contributed by atoms with Gasteiger partial charge in [-0.2, -0.15) is 5.10 Å². The molecule has 2 nitrogen and oxygen atoms in total. The molecule has 0 N–H and O–H groups in total. The molecule has 0 aliphatic heterocycles. The van der Waals surface area contributed by atoms with Gasteiger partial charge in [-0.3, -0.25) is 4.68 Å². The molecule has 1 heterocycles. The summed E-state index contributed by atoms with van der Waals surface area (Å²) in [6.45, 7) is 0. The fourth-order valence-corrected chi connectivity index (χ4v) is 0.616. The van der Waals surface area contributed by atoms with Gasteiger partial charge in [0.15, 0.2) is 0 Å². The van der Waals surface area contributed by atoms with Gasteiger partial charge in [0.2, 0.25) is 0 Å². The SMILES string of the molecule is [CH]n1ccc(Br)n1. The van der Waals surface area contributed by atoms with Gasteiger partial charge in [0, 0.05) is 6.20 Å². The average molecular weight is 159 g/mol.